The van der Waals surface area contributed by atoms with E-state index in [1.165, 1.54) is 0 Å². The fourth-order valence-corrected chi connectivity index (χ4v) is 10.1. The maximum Gasteiger partial charge on any atom is 0.251 e. The Kier molecular flexibility index (Phi) is 11.0. The zero-order valence-corrected chi connectivity index (χ0v) is 27.2. The number of aliphatic hydroxyl groups is 1. The van der Waals surface area contributed by atoms with Gasteiger partial charge in [-0.15, -0.1) is 24.9 Å². The molecule has 236 valence electrons. The van der Waals surface area contributed by atoms with E-state index in [0.717, 1.165) is 37.3 Å². The average Bonchev–Trinajstić information content (AvgIpc) is 3.60. The molecule has 3 unspecified atom stereocenters. The van der Waals surface area contributed by atoms with Gasteiger partial charge in [-0.3, -0.25) is 14.4 Å². The van der Waals surface area contributed by atoms with Crippen LogP contribution in [0.4, 0.5) is 11.4 Å². The van der Waals surface area contributed by atoms with Crippen molar-refractivity contribution >= 4 is 40.9 Å². The number of benzene rings is 1. The Morgan fingerprint density at radius 1 is 1.05 bits per heavy atom. The van der Waals surface area contributed by atoms with Crippen LogP contribution in [0.3, 0.4) is 0 Å². The van der Waals surface area contributed by atoms with Gasteiger partial charge in [-0.2, -0.15) is 0 Å². The van der Waals surface area contributed by atoms with E-state index in [2.05, 4.69) is 38.8 Å². The van der Waals surface area contributed by atoms with Crippen LogP contribution in [-0.2, 0) is 14.4 Å². The molecule has 9 heteroatoms. The summed E-state index contributed by atoms with van der Waals surface area (Å²) in [6.45, 7) is 19.8. The predicted octanol–water partition coefficient (Wildman–Crippen LogP) is 4.59. The summed E-state index contributed by atoms with van der Waals surface area (Å²) in [4.78, 5) is 51.0. The molecule has 0 saturated carbocycles. The Morgan fingerprint density at radius 2 is 1.70 bits per heavy atom. The van der Waals surface area contributed by atoms with Gasteiger partial charge in [0.25, 0.3) is 5.91 Å². The first-order valence-electron chi connectivity index (χ1n) is 16.0. The number of hydrogen-bond donors (Lipinski definition) is 1. The van der Waals surface area contributed by atoms with Crippen molar-refractivity contribution < 1.29 is 19.5 Å². The Balaban J connectivity index is 1.76. The quantitative estimate of drug-likeness (QED) is 0.218. The Bertz CT molecular complexity index is 1170. The Hall–Kier alpha value is -2.78. The van der Waals surface area contributed by atoms with E-state index >= 15 is 0 Å². The minimum Gasteiger partial charge on any atom is -0.396 e. The lowest BCUT2D eigenvalue weighted by atomic mass is 9.65. The summed E-state index contributed by atoms with van der Waals surface area (Å²) < 4.78 is -0.689. The largest absolute Gasteiger partial charge is 0.396 e. The summed E-state index contributed by atoms with van der Waals surface area (Å²) >= 11 is 1.71. The third-order valence-electron chi connectivity index (χ3n) is 9.59. The predicted molar refractivity (Wildman–Crippen MR) is 176 cm³/mol. The molecule has 0 radical (unpaired) electrons. The summed E-state index contributed by atoms with van der Waals surface area (Å²) in [5.41, 5.74) is 1.86. The molecule has 43 heavy (non-hydrogen) atoms. The molecule has 0 aliphatic carbocycles. The number of carbonyl (C=O) groups is 3. The molecule has 4 rings (SSSR count). The number of amides is 3. The van der Waals surface area contributed by atoms with Crippen molar-refractivity contribution in [3.63, 3.8) is 0 Å². The fraction of sp³-hybridized carbons (Fsp3) is 0.618. The van der Waals surface area contributed by atoms with Crippen molar-refractivity contribution in [2.45, 2.75) is 69.4 Å². The number of likely N-dealkylation sites (tertiary alicyclic amines) is 1. The lowest BCUT2D eigenvalue weighted by molar-refractivity contribution is -0.144. The fourth-order valence-electron chi connectivity index (χ4n) is 7.67. The number of hydrogen-bond acceptors (Lipinski definition) is 6. The Labute approximate surface area is 262 Å². The van der Waals surface area contributed by atoms with Gasteiger partial charge in [-0.25, -0.2) is 0 Å². The molecule has 1 spiro atoms. The first-order chi connectivity index (χ1) is 20.7. The molecule has 3 heterocycles. The monoisotopic (exact) mass is 610 g/mol. The summed E-state index contributed by atoms with van der Waals surface area (Å²) in [6.07, 6.45) is 6.23. The molecule has 3 aliphatic heterocycles. The first-order valence-corrected chi connectivity index (χ1v) is 16.9. The second-order valence-electron chi connectivity index (χ2n) is 12.0. The van der Waals surface area contributed by atoms with E-state index in [9.17, 15) is 19.5 Å². The van der Waals surface area contributed by atoms with Gasteiger partial charge in [0.1, 0.15) is 6.04 Å². The number of fused-ring (bicyclic) bond motifs is 1. The first kappa shape index (κ1) is 33.1. The second kappa shape index (κ2) is 14.3. The number of rotatable bonds is 16. The highest BCUT2D eigenvalue weighted by atomic mass is 32.2. The van der Waals surface area contributed by atoms with E-state index in [1.807, 2.05) is 36.1 Å². The molecular weight excluding hydrogens is 560 g/mol. The number of anilines is 2. The molecule has 6 atom stereocenters. The maximum absolute atomic E-state index is 14.8. The Morgan fingerprint density at radius 3 is 2.28 bits per heavy atom. The van der Waals surface area contributed by atoms with Crippen LogP contribution in [0.25, 0.3) is 0 Å². The van der Waals surface area contributed by atoms with Crippen molar-refractivity contribution in [2.24, 2.45) is 17.8 Å². The highest BCUT2D eigenvalue weighted by molar-refractivity contribution is 8.02. The van der Waals surface area contributed by atoms with Crippen LogP contribution in [-0.4, -0.2) is 94.5 Å². The van der Waals surface area contributed by atoms with Gasteiger partial charge in [0.05, 0.1) is 16.6 Å². The van der Waals surface area contributed by atoms with Gasteiger partial charge in [0, 0.05) is 62.5 Å². The van der Waals surface area contributed by atoms with Crippen LogP contribution in [0.5, 0.6) is 0 Å². The van der Waals surface area contributed by atoms with E-state index in [-0.39, 0.29) is 35.5 Å². The molecule has 1 aromatic carbocycles. The van der Waals surface area contributed by atoms with Gasteiger partial charge in [0.15, 0.2) is 0 Å². The van der Waals surface area contributed by atoms with Gasteiger partial charge >= 0.3 is 0 Å². The third-order valence-corrected chi connectivity index (χ3v) is 11.7. The second-order valence-corrected chi connectivity index (χ2v) is 13.6. The molecule has 8 nitrogen and oxygen atoms in total. The topological polar surface area (TPSA) is 84.4 Å². The lowest BCUT2D eigenvalue weighted by Crippen LogP contribution is -2.57. The van der Waals surface area contributed by atoms with Gasteiger partial charge < -0.3 is 24.7 Å². The number of carbonyl (C=O) groups excluding carboxylic acids is 3. The minimum atomic E-state index is -0.701. The number of nitrogens with zero attached hydrogens (tertiary/aromatic N) is 4. The van der Waals surface area contributed by atoms with E-state index in [4.69, 9.17) is 0 Å². The summed E-state index contributed by atoms with van der Waals surface area (Å²) in [6, 6.07) is 7.34. The minimum absolute atomic E-state index is 0.00304. The van der Waals surface area contributed by atoms with Crippen LogP contribution >= 0.6 is 11.8 Å². The molecule has 3 saturated heterocycles. The highest BCUT2D eigenvalue weighted by Crippen LogP contribution is 2.69. The van der Waals surface area contributed by atoms with Crippen molar-refractivity contribution in [2.75, 3.05) is 55.7 Å². The average molecular weight is 611 g/mol. The van der Waals surface area contributed by atoms with Crippen LogP contribution in [0.2, 0.25) is 0 Å². The van der Waals surface area contributed by atoms with Crippen molar-refractivity contribution in [3.8, 4) is 0 Å². The van der Waals surface area contributed by atoms with Gasteiger partial charge in [-0.05, 0) is 69.7 Å². The van der Waals surface area contributed by atoms with Gasteiger partial charge in [-0.1, -0.05) is 26.0 Å². The standard InChI is InChI=1S/C34H50N4O4S/c1-7-18-36(19-8-2)31(40)28-27-23-24(6)34(43-27)29(28)32(41)38(21-12-13-22-39)30(34)33(42)37(20-9-3)26-16-14-25(15-17-26)35(10-4)11-5/h7,9,14-17,24,27-30,39H,1,3,8,10-13,18-23H2,2,4-6H3/t24?,27-,28+,29+,30?,34?/m1/s1. The number of thioether (sulfide) groups is 1. The zero-order chi connectivity index (χ0) is 31.3. The van der Waals surface area contributed by atoms with Crippen molar-refractivity contribution in [3.05, 3.63) is 49.6 Å². The highest BCUT2D eigenvalue weighted by Gasteiger charge is 2.76. The number of aliphatic hydroxyl groups excluding tert-OH is 1. The molecule has 2 bridgehead atoms. The lowest BCUT2D eigenvalue weighted by Gasteiger charge is -2.41. The van der Waals surface area contributed by atoms with E-state index in [1.54, 1.807) is 33.7 Å². The van der Waals surface area contributed by atoms with Crippen LogP contribution < -0.4 is 9.80 Å². The van der Waals surface area contributed by atoms with Crippen LogP contribution in [0, 0.1) is 17.8 Å². The molecule has 3 aliphatic rings. The normalized spacial score (nSPS) is 27.2. The zero-order valence-electron chi connectivity index (χ0n) is 26.4. The van der Waals surface area contributed by atoms with Crippen molar-refractivity contribution in [1.82, 2.24) is 9.80 Å². The third kappa shape index (κ3) is 5.87. The summed E-state index contributed by atoms with van der Waals surface area (Å²) in [7, 11) is 0. The van der Waals surface area contributed by atoms with Crippen LogP contribution in [0.15, 0.2) is 49.6 Å². The smallest absolute Gasteiger partial charge is 0.251 e. The summed E-state index contributed by atoms with van der Waals surface area (Å²) in [5.74, 6) is -1.14. The van der Waals surface area contributed by atoms with Crippen molar-refractivity contribution in [1.29, 1.82) is 0 Å². The van der Waals surface area contributed by atoms with Crippen LogP contribution in [0.1, 0.15) is 53.4 Å². The molecule has 1 aromatic rings. The van der Waals surface area contributed by atoms with E-state index in [0.29, 0.717) is 39.0 Å². The molecule has 1 N–H and O–H groups in total. The van der Waals surface area contributed by atoms with E-state index < -0.39 is 22.6 Å². The number of unbranched alkanes of at least 4 members (excludes halogenated alkanes) is 1. The SMILES string of the molecule is C=CCN(CCC)C(=O)[C@@H]1[C@H]2C(=O)N(CCCCO)C(C(=O)N(CC=C)c3ccc(N(CC)CC)cc3)C23S[C@@H]1CC3C. The molecular formula is C34H50N4O4S. The summed E-state index contributed by atoms with van der Waals surface area (Å²) in [5, 5.41) is 9.51. The van der Waals surface area contributed by atoms with Gasteiger partial charge in [0.2, 0.25) is 11.8 Å². The molecule has 3 amide bonds. The maximum atomic E-state index is 14.8. The molecule has 3 fully saturated rings. The molecule has 0 aromatic heterocycles.